The summed E-state index contributed by atoms with van der Waals surface area (Å²) in [5, 5.41) is 9.17. The molecule has 0 bridgehead atoms. The van der Waals surface area contributed by atoms with Gasteiger partial charge in [-0.2, -0.15) is 5.26 Å². The predicted molar refractivity (Wildman–Crippen MR) is 131 cm³/mol. The minimum absolute atomic E-state index is 0.00645. The zero-order chi connectivity index (χ0) is 24.5. The number of piperidine rings is 1. The zero-order valence-corrected chi connectivity index (χ0v) is 19.8. The smallest absolute Gasteiger partial charge is 0.272 e. The molecule has 3 aliphatic rings. The molecule has 6 nitrogen and oxygen atoms in total. The summed E-state index contributed by atoms with van der Waals surface area (Å²) >= 11 is 0. The van der Waals surface area contributed by atoms with Gasteiger partial charge in [0.05, 0.1) is 18.4 Å². The maximum Gasteiger partial charge on any atom is 0.272 e. The molecule has 2 atom stereocenters. The van der Waals surface area contributed by atoms with Crippen molar-refractivity contribution in [3.8, 4) is 11.8 Å². The van der Waals surface area contributed by atoms with E-state index < -0.39 is 5.82 Å². The molecule has 2 aliphatic heterocycles. The van der Waals surface area contributed by atoms with Crippen LogP contribution in [0.15, 0.2) is 58.7 Å². The zero-order valence-electron chi connectivity index (χ0n) is 19.8. The number of nitriles is 1. The van der Waals surface area contributed by atoms with Gasteiger partial charge in [-0.25, -0.2) is 9.38 Å². The summed E-state index contributed by atoms with van der Waals surface area (Å²) < 4.78 is 19.9. The van der Waals surface area contributed by atoms with E-state index in [0.29, 0.717) is 42.4 Å². The number of halogens is 1. The minimum Gasteiger partial charge on any atom is -0.497 e. The fourth-order valence-corrected chi connectivity index (χ4v) is 5.20. The van der Waals surface area contributed by atoms with Gasteiger partial charge in [0.1, 0.15) is 23.3 Å². The van der Waals surface area contributed by atoms with E-state index in [1.807, 2.05) is 35.2 Å². The molecule has 2 aromatic rings. The maximum absolute atomic E-state index is 14.6. The van der Waals surface area contributed by atoms with E-state index in [9.17, 15) is 9.18 Å². The summed E-state index contributed by atoms with van der Waals surface area (Å²) in [5.41, 5.74) is 10.1. The van der Waals surface area contributed by atoms with E-state index >= 15 is 0 Å². The third-order valence-corrected chi connectivity index (χ3v) is 7.16. The van der Waals surface area contributed by atoms with E-state index in [1.165, 1.54) is 12.1 Å². The van der Waals surface area contributed by atoms with Crippen molar-refractivity contribution in [1.29, 1.82) is 5.26 Å². The van der Waals surface area contributed by atoms with E-state index in [0.717, 1.165) is 42.6 Å². The second-order valence-electron chi connectivity index (χ2n) is 9.64. The normalized spacial score (nSPS) is 22.1. The monoisotopic (exact) mass is 472 g/mol. The van der Waals surface area contributed by atoms with Crippen molar-refractivity contribution in [1.82, 2.24) is 4.90 Å². The largest absolute Gasteiger partial charge is 0.497 e. The Labute approximate surface area is 204 Å². The lowest BCUT2D eigenvalue weighted by Gasteiger charge is -2.31. The van der Waals surface area contributed by atoms with Crippen molar-refractivity contribution in [2.24, 2.45) is 22.6 Å². The van der Waals surface area contributed by atoms with Crippen LogP contribution in [0.2, 0.25) is 0 Å². The second kappa shape index (κ2) is 9.63. The number of carbonyl (C=O) groups is 1. The lowest BCUT2D eigenvalue weighted by Crippen LogP contribution is -2.46. The summed E-state index contributed by atoms with van der Waals surface area (Å²) in [6, 6.07) is 14.3. The van der Waals surface area contributed by atoms with Gasteiger partial charge < -0.3 is 15.4 Å². The van der Waals surface area contributed by atoms with Crippen LogP contribution in [-0.4, -0.2) is 42.8 Å². The lowest BCUT2D eigenvalue weighted by atomic mass is 9.83. The molecular formula is C28H29FN4O2. The first-order chi connectivity index (χ1) is 17.0. The highest BCUT2D eigenvalue weighted by atomic mass is 19.1. The number of benzene rings is 2. The van der Waals surface area contributed by atoms with E-state index in [2.05, 4.69) is 0 Å². The molecule has 35 heavy (non-hydrogen) atoms. The molecule has 1 amide bonds. The molecule has 5 rings (SSSR count). The molecule has 1 saturated heterocycles. The summed E-state index contributed by atoms with van der Waals surface area (Å²) in [4.78, 5) is 20.4. The standard InChI is InChI=1S/C28H29FN4O2/c1-35-22-10-4-17(5-11-22)13-23-25(18-6-7-18)27(28(34)33-12-2-3-21(31)16-33)32-26(23)19-8-9-20(15-30)24(29)14-19/h4-5,8-11,14,18,21,23H,2-3,6-7,12-13,16,31H2,1H3/t21-,23?/m0/s1. The van der Waals surface area contributed by atoms with Gasteiger partial charge in [0.25, 0.3) is 5.91 Å². The van der Waals surface area contributed by atoms with Crippen molar-refractivity contribution in [2.45, 2.75) is 38.1 Å². The molecule has 2 N–H and O–H groups in total. The summed E-state index contributed by atoms with van der Waals surface area (Å²) in [5.74, 6) is 0.288. The molecular weight excluding hydrogens is 443 g/mol. The van der Waals surface area contributed by atoms with E-state index in [4.69, 9.17) is 20.7 Å². The first kappa shape index (κ1) is 23.3. The molecule has 1 aliphatic carbocycles. The Hall–Kier alpha value is -3.50. The molecule has 0 radical (unpaired) electrons. The molecule has 0 spiro atoms. The van der Waals surface area contributed by atoms with E-state index in [-0.39, 0.29) is 23.4 Å². The SMILES string of the molecule is COc1ccc(CC2C(c3ccc(C#N)c(F)c3)=NC(C(=O)N3CCC[C@H](N)C3)=C2C2CC2)cc1. The van der Waals surface area contributed by atoms with Gasteiger partial charge in [0, 0.05) is 25.0 Å². The predicted octanol–water partition coefficient (Wildman–Crippen LogP) is 3.98. The van der Waals surface area contributed by atoms with Crippen LogP contribution in [-0.2, 0) is 11.2 Å². The molecule has 2 aromatic carbocycles. The fourth-order valence-electron chi connectivity index (χ4n) is 5.20. The van der Waals surface area contributed by atoms with Crippen LogP contribution < -0.4 is 10.5 Å². The first-order valence-corrected chi connectivity index (χ1v) is 12.2. The van der Waals surface area contributed by atoms with Crippen LogP contribution in [0.4, 0.5) is 4.39 Å². The highest BCUT2D eigenvalue weighted by Gasteiger charge is 2.43. The lowest BCUT2D eigenvalue weighted by molar-refractivity contribution is -0.128. The van der Waals surface area contributed by atoms with Crippen LogP contribution in [0.5, 0.6) is 5.75 Å². The Balaban J connectivity index is 1.56. The van der Waals surface area contributed by atoms with Gasteiger partial charge >= 0.3 is 0 Å². The Morgan fingerprint density at radius 2 is 2.00 bits per heavy atom. The third kappa shape index (κ3) is 4.71. The minimum atomic E-state index is -0.578. The average molecular weight is 473 g/mol. The number of aliphatic imine (C=N–C) groups is 1. The third-order valence-electron chi connectivity index (χ3n) is 7.16. The van der Waals surface area contributed by atoms with Gasteiger partial charge in [0.15, 0.2) is 0 Å². The van der Waals surface area contributed by atoms with Crippen LogP contribution in [0.1, 0.15) is 42.4 Å². The van der Waals surface area contributed by atoms with Crippen molar-refractivity contribution >= 4 is 11.6 Å². The topological polar surface area (TPSA) is 91.7 Å². The second-order valence-corrected chi connectivity index (χ2v) is 9.64. The van der Waals surface area contributed by atoms with Gasteiger partial charge in [-0.05, 0) is 79.0 Å². The molecule has 2 fully saturated rings. The highest BCUT2D eigenvalue weighted by molar-refractivity contribution is 6.11. The van der Waals surface area contributed by atoms with E-state index in [1.54, 1.807) is 13.2 Å². The van der Waals surface area contributed by atoms with Gasteiger partial charge in [-0.3, -0.25) is 4.79 Å². The van der Waals surface area contributed by atoms with Crippen molar-refractivity contribution in [2.75, 3.05) is 20.2 Å². The Morgan fingerprint density at radius 1 is 1.23 bits per heavy atom. The number of ether oxygens (including phenoxy) is 1. The number of nitrogens with two attached hydrogens (primary N) is 1. The number of amides is 1. The van der Waals surface area contributed by atoms with Crippen molar-refractivity contribution in [3.63, 3.8) is 0 Å². The first-order valence-electron chi connectivity index (χ1n) is 12.2. The number of hydrogen-bond acceptors (Lipinski definition) is 5. The number of hydrogen-bond donors (Lipinski definition) is 1. The Bertz CT molecular complexity index is 1240. The molecule has 1 unspecified atom stereocenters. The van der Waals surface area contributed by atoms with Crippen LogP contribution in [0.3, 0.4) is 0 Å². The van der Waals surface area contributed by atoms with Gasteiger partial charge in [0.2, 0.25) is 0 Å². The summed E-state index contributed by atoms with van der Waals surface area (Å²) in [6.07, 6.45) is 4.49. The van der Waals surface area contributed by atoms with Gasteiger partial charge in [-0.1, -0.05) is 18.2 Å². The number of allylic oxidation sites excluding steroid dienone is 1. The average Bonchev–Trinajstić information content (AvgIpc) is 3.65. The maximum atomic E-state index is 14.6. The number of rotatable bonds is 6. The molecule has 7 heteroatoms. The number of carbonyl (C=O) groups excluding carboxylic acids is 1. The van der Waals surface area contributed by atoms with Gasteiger partial charge in [-0.15, -0.1) is 0 Å². The van der Waals surface area contributed by atoms with Crippen LogP contribution in [0, 0.1) is 29.0 Å². The number of methoxy groups -OCH3 is 1. The molecule has 0 aromatic heterocycles. The fraction of sp³-hybridized carbons (Fsp3) is 0.393. The molecule has 2 heterocycles. The van der Waals surface area contributed by atoms with Crippen LogP contribution >= 0.6 is 0 Å². The van der Waals surface area contributed by atoms with Crippen molar-refractivity contribution in [3.05, 3.63) is 76.2 Å². The molecule has 1 saturated carbocycles. The quantitative estimate of drug-likeness (QED) is 0.688. The Kier molecular flexibility index (Phi) is 6.40. The van der Waals surface area contributed by atoms with Crippen LogP contribution in [0.25, 0.3) is 0 Å². The Morgan fingerprint density at radius 3 is 2.63 bits per heavy atom. The number of likely N-dealkylation sites (tertiary alicyclic amines) is 1. The number of nitrogens with zero attached hydrogens (tertiary/aromatic N) is 3. The molecule has 180 valence electrons. The summed E-state index contributed by atoms with van der Waals surface area (Å²) in [7, 11) is 1.63. The van der Waals surface area contributed by atoms with Crippen molar-refractivity contribution < 1.29 is 13.9 Å². The summed E-state index contributed by atoms with van der Waals surface area (Å²) in [6.45, 7) is 1.20. The highest BCUT2D eigenvalue weighted by Crippen LogP contribution is 2.47.